The van der Waals surface area contributed by atoms with E-state index >= 15 is 0 Å². The highest BCUT2D eigenvalue weighted by Gasteiger charge is 2.42. The number of carbonyl (C=O) groups excluding carboxylic acids is 1. The minimum absolute atomic E-state index is 0.0871. The molecule has 1 aliphatic heterocycles. The van der Waals surface area contributed by atoms with Crippen LogP contribution < -0.4 is 5.32 Å². The van der Waals surface area contributed by atoms with Crippen molar-refractivity contribution in [1.29, 1.82) is 0 Å². The molecule has 0 spiro atoms. The van der Waals surface area contributed by atoms with Gasteiger partial charge in [0.15, 0.2) is 0 Å². The second-order valence-corrected chi connectivity index (χ2v) is 4.51. The zero-order valence-electron chi connectivity index (χ0n) is 8.37. The van der Waals surface area contributed by atoms with Crippen molar-refractivity contribution in [2.45, 2.75) is 33.2 Å². The van der Waals surface area contributed by atoms with Gasteiger partial charge in [0.05, 0.1) is 0 Å². The zero-order chi connectivity index (χ0) is 9.59. The van der Waals surface area contributed by atoms with Crippen LogP contribution in [0.15, 0.2) is 4.99 Å². The summed E-state index contributed by atoms with van der Waals surface area (Å²) < 4.78 is 0. The van der Waals surface area contributed by atoms with Gasteiger partial charge in [-0.15, -0.1) is 0 Å². The maximum atomic E-state index is 11.4. The Kier molecular flexibility index (Phi) is 1.90. The molecule has 3 heteroatoms. The van der Waals surface area contributed by atoms with Crippen molar-refractivity contribution in [2.75, 3.05) is 0 Å². The van der Waals surface area contributed by atoms with Crippen LogP contribution >= 0.6 is 0 Å². The molecular formula is C10H16N2O. The van der Waals surface area contributed by atoms with E-state index in [4.69, 9.17) is 0 Å². The number of amides is 1. The van der Waals surface area contributed by atoms with E-state index in [0.717, 1.165) is 5.84 Å². The number of carbonyl (C=O) groups is 1. The summed E-state index contributed by atoms with van der Waals surface area (Å²) in [5, 5.41) is 2.89. The normalized spacial score (nSPS) is 37.7. The van der Waals surface area contributed by atoms with Crippen LogP contribution in [-0.4, -0.2) is 17.8 Å². The van der Waals surface area contributed by atoms with Crippen LogP contribution in [0.2, 0.25) is 0 Å². The smallest absolute Gasteiger partial charge is 0.250 e. The standard InChI is InChI=1S/C10H16N2O/c1-5(2)8-10(13)12-9(11-8)7-4-6(7)3/h5-8H,4H2,1-3H3,(H,11,12,13). The number of nitrogens with zero attached hydrogens (tertiary/aromatic N) is 1. The molecule has 1 saturated carbocycles. The Labute approximate surface area is 78.6 Å². The van der Waals surface area contributed by atoms with Gasteiger partial charge in [0.2, 0.25) is 5.91 Å². The monoisotopic (exact) mass is 180 g/mol. The van der Waals surface area contributed by atoms with Crippen LogP contribution in [0.4, 0.5) is 0 Å². The minimum Gasteiger partial charge on any atom is -0.312 e. The molecule has 3 nitrogen and oxygen atoms in total. The molecule has 3 atom stereocenters. The molecule has 0 aromatic rings. The van der Waals surface area contributed by atoms with E-state index in [1.165, 1.54) is 6.42 Å². The van der Waals surface area contributed by atoms with Crippen LogP contribution in [0.1, 0.15) is 27.2 Å². The highest BCUT2D eigenvalue weighted by molar-refractivity contribution is 6.07. The minimum atomic E-state index is -0.136. The van der Waals surface area contributed by atoms with Crippen LogP contribution in [0, 0.1) is 17.8 Å². The van der Waals surface area contributed by atoms with Gasteiger partial charge >= 0.3 is 0 Å². The molecule has 0 aromatic heterocycles. The van der Waals surface area contributed by atoms with E-state index in [2.05, 4.69) is 17.2 Å². The number of aliphatic imine (C=N–C) groups is 1. The number of hydrogen-bond acceptors (Lipinski definition) is 2. The summed E-state index contributed by atoms with van der Waals surface area (Å²) in [6.07, 6.45) is 1.18. The van der Waals surface area contributed by atoms with Crippen molar-refractivity contribution in [3.63, 3.8) is 0 Å². The van der Waals surface area contributed by atoms with Gasteiger partial charge in [0, 0.05) is 5.92 Å². The number of amidine groups is 1. The molecule has 0 bridgehead atoms. The lowest BCUT2D eigenvalue weighted by molar-refractivity contribution is -0.120. The van der Waals surface area contributed by atoms with Crippen LogP contribution in [0.3, 0.4) is 0 Å². The van der Waals surface area contributed by atoms with Gasteiger partial charge in [-0.3, -0.25) is 9.79 Å². The molecule has 1 N–H and O–H groups in total. The van der Waals surface area contributed by atoms with E-state index in [1.54, 1.807) is 0 Å². The molecule has 1 heterocycles. The first-order valence-corrected chi connectivity index (χ1v) is 4.98. The van der Waals surface area contributed by atoms with Crippen molar-refractivity contribution in [3.05, 3.63) is 0 Å². The summed E-state index contributed by atoms with van der Waals surface area (Å²) in [6, 6.07) is -0.136. The van der Waals surface area contributed by atoms with Gasteiger partial charge in [-0.2, -0.15) is 0 Å². The summed E-state index contributed by atoms with van der Waals surface area (Å²) in [6.45, 7) is 6.27. The molecule has 1 amide bonds. The number of nitrogens with one attached hydrogen (secondary N) is 1. The Hall–Kier alpha value is -0.860. The van der Waals surface area contributed by atoms with Crippen molar-refractivity contribution in [1.82, 2.24) is 5.32 Å². The molecule has 3 unspecified atom stereocenters. The lowest BCUT2D eigenvalue weighted by Crippen LogP contribution is -2.32. The van der Waals surface area contributed by atoms with Gasteiger partial charge in [0.1, 0.15) is 11.9 Å². The lowest BCUT2D eigenvalue weighted by Gasteiger charge is -2.06. The molecular weight excluding hydrogens is 164 g/mol. The second kappa shape index (κ2) is 2.82. The van der Waals surface area contributed by atoms with E-state index in [-0.39, 0.29) is 11.9 Å². The highest BCUT2D eigenvalue weighted by atomic mass is 16.2. The maximum Gasteiger partial charge on any atom is 0.250 e. The predicted octanol–water partition coefficient (Wildman–Crippen LogP) is 1.20. The quantitative estimate of drug-likeness (QED) is 0.681. The molecule has 1 aliphatic carbocycles. The molecule has 2 rings (SSSR count). The van der Waals surface area contributed by atoms with Gasteiger partial charge in [-0.1, -0.05) is 20.8 Å². The summed E-state index contributed by atoms with van der Waals surface area (Å²) in [4.78, 5) is 15.9. The molecule has 13 heavy (non-hydrogen) atoms. The molecule has 72 valence electrons. The van der Waals surface area contributed by atoms with Crippen LogP contribution in [-0.2, 0) is 4.79 Å². The summed E-state index contributed by atoms with van der Waals surface area (Å²) >= 11 is 0. The van der Waals surface area contributed by atoms with Crippen molar-refractivity contribution >= 4 is 11.7 Å². The van der Waals surface area contributed by atoms with Crippen LogP contribution in [0.25, 0.3) is 0 Å². The second-order valence-electron chi connectivity index (χ2n) is 4.51. The first-order chi connectivity index (χ1) is 6.09. The van der Waals surface area contributed by atoms with Gasteiger partial charge in [-0.25, -0.2) is 0 Å². The molecule has 0 aromatic carbocycles. The van der Waals surface area contributed by atoms with E-state index < -0.39 is 0 Å². The Morgan fingerprint density at radius 1 is 1.54 bits per heavy atom. The SMILES string of the molecule is CC(C)C1N=C(C2CC2C)NC1=O. The average molecular weight is 180 g/mol. The first kappa shape index (κ1) is 8.73. The molecule has 2 aliphatic rings. The summed E-state index contributed by atoms with van der Waals surface area (Å²) in [5.74, 6) is 2.59. The zero-order valence-corrected chi connectivity index (χ0v) is 8.37. The van der Waals surface area contributed by atoms with Crippen molar-refractivity contribution < 1.29 is 4.79 Å². The molecule has 0 radical (unpaired) electrons. The number of hydrogen-bond donors (Lipinski definition) is 1. The predicted molar refractivity (Wildman–Crippen MR) is 51.5 cm³/mol. The first-order valence-electron chi connectivity index (χ1n) is 4.98. The maximum absolute atomic E-state index is 11.4. The number of rotatable bonds is 2. The third-order valence-electron chi connectivity index (χ3n) is 2.89. The van der Waals surface area contributed by atoms with E-state index in [0.29, 0.717) is 17.8 Å². The van der Waals surface area contributed by atoms with Crippen LogP contribution in [0.5, 0.6) is 0 Å². The Bertz CT molecular complexity index is 270. The third kappa shape index (κ3) is 1.47. The fraction of sp³-hybridized carbons (Fsp3) is 0.800. The molecule has 1 fully saturated rings. The largest absolute Gasteiger partial charge is 0.312 e. The van der Waals surface area contributed by atoms with Gasteiger partial charge < -0.3 is 5.32 Å². The highest BCUT2D eigenvalue weighted by Crippen LogP contribution is 2.39. The van der Waals surface area contributed by atoms with Crippen molar-refractivity contribution in [2.24, 2.45) is 22.7 Å². The molecule has 0 saturated heterocycles. The van der Waals surface area contributed by atoms with Crippen molar-refractivity contribution in [3.8, 4) is 0 Å². The Balaban J connectivity index is 2.08. The fourth-order valence-corrected chi connectivity index (χ4v) is 1.78. The van der Waals surface area contributed by atoms with Gasteiger partial charge in [0.25, 0.3) is 0 Å². The van der Waals surface area contributed by atoms with E-state index in [9.17, 15) is 4.79 Å². The average Bonchev–Trinajstić information content (AvgIpc) is 2.61. The van der Waals surface area contributed by atoms with E-state index in [1.807, 2.05) is 13.8 Å². The summed E-state index contributed by atoms with van der Waals surface area (Å²) in [5.41, 5.74) is 0. The topological polar surface area (TPSA) is 41.5 Å². The Morgan fingerprint density at radius 2 is 2.15 bits per heavy atom. The fourth-order valence-electron chi connectivity index (χ4n) is 1.78. The Morgan fingerprint density at radius 3 is 2.54 bits per heavy atom. The third-order valence-corrected chi connectivity index (χ3v) is 2.89. The van der Waals surface area contributed by atoms with Gasteiger partial charge in [-0.05, 0) is 18.3 Å². The lowest BCUT2D eigenvalue weighted by atomic mass is 10.1. The summed E-state index contributed by atoms with van der Waals surface area (Å²) in [7, 11) is 0.